The Morgan fingerprint density at radius 2 is 1.60 bits per heavy atom. The summed E-state index contributed by atoms with van der Waals surface area (Å²) in [5, 5.41) is 6.90. The van der Waals surface area contributed by atoms with Crippen molar-refractivity contribution in [1.82, 2.24) is 19.0 Å². The zero-order valence-electron chi connectivity index (χ0n) is 25.3. The van der Waals surface area contributed by atoms with Crippen molar-refractivity contribution in [3.8, 4) is 0 Å². The average Bonchev–Trinajstić information content (AvgIpc) is 3.65. The Morgan fingerprint density at radius 1 is 0.957 bits per heavy atom. The Kier molecular flexibility index (Phi) is 7.76. The summed E-state index contributed by atoms with van der Waals surface area (Å²) >= 11 is 0. The Balaban J connectivity index is 1.37. The molecule has 3 heterocycles. The molecule has 47 heavy (non-hydrogen) atoms. The lowest BCUT2D eigenvalue weighted by molar-refractivity contribution is 0.0628. The summed E-state index contributed by atoms with van der Waals surface area (Å²) in [6.45, 7) is 4.05. The van der Waals surface area contributed by atoms with Crippen LogP contribution in [0, 0.1) is 11.6 Å². The van der Waals surface area contributed by atoms with E-state index in [0.717, 1.165) is 13.9 Å². The van der Waals surface area contributed by atoms with Crippen LogP contribution in [0.4, 0.5) is 19.4 Å². The molecule has 0 saturated carbocycles. The van der Waals surface area contributed by atoms with Gasteiger partial charge in [-0.3, -0.25) is 19.3 Å². The Morgan fingerprint density at radius 3 is 2.26 bits per heavy atom. The number of aromatic nitrogens is 2. The van der Waals surface area contributed by atoms with Crippen LogP contribution in [0.25, 0.3) is 0 Å². The normalized spacial score (nSPS) is 15.3. The number of anilines is 1. The van der Waals surface area contributed by atoms with E-state index in [1.807, 2.05) is 0 Å². The van der Waals surface area contributed by atoms with Crippen molar-refractivity contribution in [2.24, 2.45) is 0 Å². The fourth-order valence-electron chi connectivity index (χ4n) is 5.79. The van der Waals surface area contributed by atoms with E-state index in [0.29, 0.717) is 29.3 Å². The van der Waals surface area contributed by atoms with E-state index >= 15 is 0 Å². The maximum absolute atomic E-state index is 14.0. The molecule has 1 aromatic heterocycles. The van der Waals surface area contributed by atoms with Gasteiger partial charge in [0.15, 0.2) is 0 Å². The van der Waals surface area contributed by atoms with Gasteiger partial charge in [0.1, 0.15) is 17.5 Å². The van der Waals surface area contributed by atoms with Gasteiger partial charge in [0, 0.05) is 23.7 Å². The van der Waals surface area contributed by atoms with Gasteiger partial charge in [0.25, 0.3) is 17.7 Å². The number of nitrogens with one attached hydrogen (secondary N) is 1. The van der Waals surface area contributed by atoms with Crippen molar-refractivity contribution >= 4 is 39.7 Å². The van der Waals surface area contributed by atoms with Crippen molar-refractivity contribution in [1.29, 1.82) is 0 Å². The predicted octanol–water partition coefficient (Wildman–Crippen LogP) is 4.65. The SMILES string of the molecule is CCOC(=O)n1nc2c(c1NC(=O)c1ccccc1C(=O)N1Cc3ccccc3C1=O)CN(S(=O)(=O)c1cc(F)cc(F)c1)C2(C)C. The summed E-state index contributed by atoms with van der Waals surface area (Å²) in [7, 11) is -4.53. The zero-order chi connectivity index (χ0) is 33.8. The number of rotatable bonds is 6. The van der Waals surface area contributed by atoms with Crippen LogP contribution in [0.3, 0.4) is 0 Å². The molecule has 0 radical (unpaired) electrons. The molecule has 0 aliphatic carbocycles. The van der Waals surface area contributed by atoms with Gasteiger partial charge >= 0.3 is 6.09 Å². The summed E-state index contributed by atoms with van der Waals surface area (Å²) in [6.07, 6.45) is -0.973. The van der Waals surface area contributed by atoms with Crippen LogP contribution in [0.2, 0.25) is 0 Å². The molecular formula is C32H27F2N5O7S. The molecule has 15 heteroatoms. The van der Waals surface area contributed by atoms with E-state index in [1.165, 1.54) is 38.1 Å². The minimum Gasteiger partial charge on any atom is -0.448 e. The lowest BCUT2D eigenvalue weighted by Gasteiger charge is -2.30. The maximum Gasteiger partial charge on any atom is 0.436 e. The number of carbonyl (C=O) groups excluding carboxylic acids is 4. The standard InChI is InChI=1S/C32H27F2N5O7S/c1-4-46-31(43)39-27(25-17-38(32(2,3)26(25)36-39)47(44,45)21-14-19(33)13-20(34)15-21)35-28(40)23-11-7-8-12-24(23)30(42)37-16-18-9-5-6-10-22(18)29(37)41/h5-15H,4,16-17H2,1-3H3,(H,35,40). The van der Waals surface area contributed by atoms with E-state index in [4.69, 9.17) is 4.74 Å². The minimum absolute atomic E-state index is 0.0154. The number of hydrogen-bond donors (Lipinski definition) is 1. The molecule has 2 aliphatic heterocycles. The van der Waals surface area contributed by atoms with E-state index in [2.05, 4.69) is 10.4 Å². The molecule has 12 nitrogen and oxygen atoms in total. The first-order chi connectivity index (χ1) is 22.2. The number of benzene rings is 3. The topological polar surface area (TPSA) is 148 Å². The Labute approximate surface area is 267 Å². The van der Waals surface area contributed by atoms with Crippen LogP contribution in [-0.4, -0.2) is 57.8 Å². The number of imide groups is 1. The number of ether oxygens (including phenoxy) is 1. The summed E-state index contributed by atoms with van der Waals surface area (Å²) in [5.74, 6) is -4.51. The highest BCUT2D eigenvalue weighted by atomic mass is 32.2. The molecule has 2 aliphatic rings. The lowest BCUT2D eigenvalue weighted by Crippen LogP contribution is -2.41. The molecule has 3 aromatic carbocycles. The number of sulfonamides is 1. The highest BCUT2D eigenvalue weighted by Gasteiger charge is 2.50. The van der Waals surface area contributed by atoms with E-state index in [1.54, 1.807) is 31.2 Å². The number of nitrogens with zero attached hydrogens (tertiary/aromatic N) is 4. The van der Waals surface area contributed by atoms with Gasteiger partial charge in [0.2, 0.25) is 10.0 Å². The van der Waals surface area contributed by atoms with Crippen LogP contribution in [0.15, 0.2) is 71.6 Å². The highest BCUT2D eigenvalue weighted by molar-refractivity contribution is 7.89. The van der Waals surface area contributed by atoms with Crippen molar-refractivity contribution in [3.63, 3.8) is 0 Å². The quantitative estimate of drug-likeness (QED) is 0.293. The molecule has 0 unspecified atom stereocenters. The molecule has 0 spiro atoms. The van der Waals surface area contributed by atoms with Crippen molar-refractivity contribution in [3.05, 3.63) is 112 Å². The lowest BCUT2D eigenvalue weighted by atomic mass is 10.0. The smallest absolute Gasteiger partial charge is 0.436 e. The summed E-state index contributed by atoms with van der Waals surface area (Å²) in [5.41, 5.74) is -0.472. The number of fused-ring (bicyclic) bond motifs is 2. The van der Waals surface area contributed by atoms with Crippen LogP contribution >= 0.6 is 0 Å². The second-order valence-corrected chi connectivity index (χ2v) is 13.2. The summed E-state index contributed by atoms with van der Waals surface area (Å²) < 4.78 is 62.2. The molecule has 6 rings (SSSR count). The molecule has 4 aromatic rings. The number of hydrogen-bond acceptors (Lipinski definition) is 8. The third-order valence-corrected chi connectivity index (χ3v) is 10.1. The molecule has 242 valence electrons. The van der Waals surface area contributed by atoms with Gasteiger partial charge in [-0.25, -0.2) is 22.0 Å². The summed E-state index contributed by atoms with van der Waals surface area (Å²) in [4.78, 5) is 53.9. The number of halogens is 2. The van der Waals surface area contributed by atoms with E-state index < -0.39 is 62.5 Å². The first kappa shape index (κ1) is 31.7. The molecule has 0 bridgehead atoms. The van der Waals surface area contributed by atoms with Crippen molar-refractivity contribution < 1.29 is 41.1 Å². The first-order valence-corrected chi connectivity index (χ1v) is 15.8. The second-order valence-electron chi connectivity index (χ2n) is 11.3. The first-order valence-electron chi connectivity index (χ1n) is 14.4. The fourth-order valence-corrected chi connectivity index (χ4v) is 7.56. The fraction of sp³-hybridized carbons (Fsp3) is 0.219. The molecule has 0 fully saturated rings. The van der Waals surface area contributed by atoms with E-state index in [-0.39, 0.29) is 41.4 Å². The van der Waals surface area contributed by atoms with Gasteiger partial charge in [-0.15, -0.1) is 4.68 Å². The minimum atomic E-state index is -4.53. The van der Waals surface area contributed by atoms with Crippen molar-refractivity contribution in [2.45, 2.75) is 44.3 Å². The van der Waals surface area contributed by atoms with Gasteiger partial charge < -0.3 is 10.1 Å². The van der Waals surface area contributed by atoms with Crippen LogP contribution < -0.4 is 5.32 Å². The van der Waals surface area contributed by atoms with Gasteiger partial charge in [-0.2, -0.15) is 9.40 Å². The molecule has 3 amide bonds. The maximum atomic E-state index is 14.0. The number of carbonyl (C=O) groups is 4. The summed E-state index contributed by atoms with van der Waals surface area (Å²) in [6, 6.07) is 14.5. The van der Waals surface area contributed by atoms with Gasteiger partial charge in [-0.05, 0) is 56.7 Å². The highest BCUT2D eigenvalue weighted by Crippen LogP contribution is 2.45. The molecule has 0 atom stereocenters. The van der Waals surface area contributed by atoms with Gasteiger partial charge in [-0.1, -0.05) is 30.3 Å². The van der Waals surface area contributed by atoms with Crippen LogP contribution in [0.1, 0.15) is 68.7 Å². The van der Waals surface area contributed by atoms with Crippen molar-refractivity contribution in [2.75, 3.05) is 11.9 Å². The van der Waals surface area contributed by atoms with E-state index in [9.17, 15) is 36.4 Å². The third kappa shape index (κ3) is 5.26. The van der Waals surface area contributed by atoms with Crippen LogP contribution in [-0.2, 0) is 33.4 Å². The average molecular weight is 664 g/mol. The molecular weight excluding hydrogens is 636 g/mol. The van der Waals surface area contributed by atoms with Gasteiger partial charge in [0.05, 0.1) is 40.4 Å². The monoisotopic (exact) mass is 663 g/mol. The molecule has 1 N–H and O–H groups in total. The predicted molar refractivity (Wildman–Crippen MR) is 162 cm³/mol. The molecule has 0 saturated heterocycles. The third-order valence-electron chi connectivity index (χ3n) is 8.05. The zero-order valence-corrected chi connectivity index (χ0v) is 26.1. The van der Waals surface area contributed by atoms with Crippen LogP contribution in [0.5, 0.6) is 0 Å². The Bertz CT molecular complexity index is 2090. The number of amides is 3. The second kappa shape index (κ2) is 11.5. The largest absolute Gasteiger partial charge is 0.448 e. The Hall–Kier alpha value is -5.28.